The van der Waals surface area contributed by atoms with Crippen molar-refractivity contribution in [3.05, 3.63) is 48.0 Å². The van der Waals surface area contributed by atoms with Gasteiger partial charge in [0, 0.05) is 6.54 Å². The third-order valence-corrected chi connectivity index (χ3v) is 4.97. The zero-order valence-electron chi connectivity index (χ0n) is 20.3. The average Bonchev–Trinajstić information content (AvgIpc) is 2.71. The van der Waals surface area contributed by atoms with Crippen molar-refractivity contribution in [2.24, 2.45) is 11.7 Å². The zero-order chi connectivity index (χ0) is 25.6. The van der Waals surface area contributed by atoms with Crippen LogP contribution in [0.2, 0.25) is 0 Å². The van der Waals surface area contributed by atoms with E-state index in [0.29, 0.717) is 5.56 Å². The molecule has 9 heteroatoms. The number of carbonyl (C=O) groups is 3. The van der Waals surface area contributed by atoms with Gasteiger partial charge in [0.15, 0.2) is 6.10 Å². The molecule has 0 aliphatic rings. The fraction of sp³-hybridized carbons (Fsp3) is 0.480. The van der Waals surface area contributed by atoms with Crippen LogP contribution in [0.4, 0.5) is 4.79 Å². The molecule has 0 aromatic heterocycles. The van der Waals surface area contributed by atoms with Crippen molar-refractivity contribution in [2.75, 3.05) is 13.1 Å². The van der Waals surface area contributed by atoms with Gasteiger partial charge in [-0.05, 0) is 43.0 Å². The van der Waals surface area contributed by atoms with Gasteiger partial charge in [0.05, 0.1) is 6.54 Å². The number of fused-ring (bicyclic) bond motifs is 1. The second kappa shape index (κ2) is 11.3. The largest absolute Gasteiger partial charge is 0.458 e. The van der Waals surface area contributed by atoms with Gasteiger partial charge in [-0.3, -0.25) is 4.79 Å². The first kappa shape index (κ1) is 27.1. The van der Waals surface area contributed by atoms with Crippen molar-refractivity contribution >= 4 is 28.7 Å². The number of amides is 3. The molecule has 0 saturated carbocycles. The lowest BCUT2D eigenvalue weighted by molar-refractivity contribution is -0.165. The number of nitrogens with two attached hydrogens (primary N) is 1. The van der Waals surface area contributed by atoms with Crippen LogP contribution in [0.15, 0.2) is 42.5 Å². The standard InChI is InChI=1S/C25H35N3O6/c1-15(2)13-28(14-19(29)23(32)34-25(3,4)5)24(33)27-22(31)20(21(26)30)18-11-10-16-8-6-7-9-17(16)12-18/h6-12,15,19-20,22,29,31H,13-14H2,1-5H3,(H2,26,30)(H,27,33). The maximum absolute atomic E-state index is 12.9. The first-order valence-corrected chi connectivity index (χ1v) is 11.2. The minimum atomic E-state index is -1.63. The fourth-order valence-electron chi connectivity index (χ4n) is 3.54. The molecule has 3 amide bonds. The van der Waals surface area contributed by atoms with E-state index in [9.17, 15) is 24.6 Å². The Balaban J connectivity index is 2.19. The molecule has 0 aliphatic heterocycles. The number of carbonyl (C=O) groups excluding carboxylic acids is 3. The molecule has 2 aromatic carbocycles. The van der Waals surface area contributed by atoms with Gasteiger partial charge in [-0.2, -0.15) is 0 Å². The highest BCUT2D eigenvalue weighted by atomic mass is 16.6. The van der Waals surface area contributed by atoms with E-state index >= 15 is 0 Å². The van der Waals surface area contributed by atoms with Crippen LogP contribution in [0.5, 0.6) is 0 Å². The second-order valence-electron chi connectivity index (χ2n) is 9.73. The maximum atomic E-state index is 12.9. The molecule has 186 valence electrons. The Bertz CT molecular complexity index is 1020. The van der Waals surface area contributed by atoms with Gasteiger partial charge in [-0.15, -0.1) is 0 Å². The highest BCUT2D eigenvalue weighted by molar-refractivity contribution is 5.88. The van der Waals surface area contributed by atoms with Crippen molar-refractivity contribution in [3.63, 3.8) is 0 Å². The molecule has 0 heterocycles. The number of hydrogen-bond donors (Lipinski definition) is 4. The summed E-state index contributed by atoms with van der Waals surface area (Å²) in [5, 5.41) is 25.2. The number of nitrogens with zero attached hydrogens (tertiary/aromatic N) is 1. The van der Waals surface area contributed by atoms with Gasteiger partial charge in [-0.25, -0.2) is 9.59 Å². The van der Waals surface area contributed by atoms with Crippen molar-refractivity contribution in [1.82, 2.24) is 10.2 Å². The number of primary amides is 1. The molecule has 9 nitrogen and oxygen atoms in total. The van der Waals surface area contributed by atoms with E-state index in [1.165, 1.54) is 4.90 Å². The van der Waals surface area contributed by atoms with Crippen LogP contribution in [0.1, 0.15) is 46.1 Å². The van der Waals surface area contributed by atoms with Crippen LogP contribution in [0, 0.1) is 5.92 Å². The Labute approximate surface area is 199 Å². The van der Waals surface area contributed by atoms with Crippen molar-refractivity contribution in [2.45, 2.75) is 58.5 Å². The molecule has 5 N–H and O–H groups in total. The van der Waals surface area contributed by atoms with Crippen LogP contribution >= 0.6 is 0 Å². The monoisotopic (exact) mass is 473 g/mol. The summed E-state index contributed by atoms with van der Waals surface area (Å²) < 4.78 is 5.17. The van der Waals surface area contributed by atoms with E-state index in [1.807, 2.05) is 38.1 Å². The van der Waals surface area contributed by atoms with E-state index in [-0.39, 0.29) is 19.0 Å². The van der Waals surface area contributed by atoms with Gasteiger partial charge in [-0.1, -0.05) is 56.3 Å². The number of benzene rings is 2. The van der Waals surface area contributed by atoms with E-state index in [0.717, 1.165) is 10.8 Å². The summed E-state index contributed by atoms with van der Waals surface area (Å²) in [7, 11) is 0. The lowest BCUT2D eigenvalue weighted by Gasteiger charge is -2.30. The van der Waals surface area contributed by atoms with Crippen LogP contribution < -0.4 is 11.1 Å². The summed E-state index contributed by atoms with van der Waals surface area (Å²) in [5.74, 6) is -2.88. The summed E-state index contributed by atoms with van der Waals surface area (Å²) in [6.07, 6.45) is -3.20. The molecule has 3 unspecified atom stereocenters. The Morgan fingerprint density at radius 3 is 2.21 bits per heavy atom. The molecule has 3 atom stereocenters. The number of aliphatic hydroxyl groups excluding tert-OH is 2. The number of rotatable bonds is 9. The molecule has 0 spiro atoms. The number of hydrogen-bond acceptors (Lipinski definition) is 6. The molecule has 2 rings (SSSR count). The average molecular weight is 474 g/mol. The summed E-state index contributed by atoms with van der Waals surface area (Å²) >= 11 is 0. The Morgan fingerprint density at radius 2 is 1.65 bits per heavy atom. The number of nitrogens with one attached hydrogen (secondary N) is 1. The smallest absolute Gasteiger partial charge is 0.337 e. The minimum Gasteiger partial charge on any atom is -0.458 e. The zero-order valence-corrected chi connectivity index (χ0v) is 20.3. The SMILES string of the molecule is CC(C)CN(CC(O)C(=O)OC(C)(C)C)C(=O)NC(O)C(C(N)=O)c1ccc2ccccc2c1. The van der Waals surface area contributed by atoms with E-state index < -0.39 is 41.8 Å². The van der Waals surface area contributed by atoms with Crippen molar-refractivity contribution in [3.8, 4) is 0 Å². The quantitative estimate of drug-likeness (QED) is 0.325. The van der Waals surface area contributed by atoms with E-state index in [4.69, 9.17) is 10.5 Å². The third kappa shape index (κ3) is 7.71. The van der Waals surface area contributed by atoms with Gasteiger partial charge in [0.1, 0.15) is 17.7 Å². The molecular weight excluding hydrogens is 438 g/mol. The molecule has 0 fully saturated rings. The molecular formula is C25H35N3O6. The van der Waals surface area contributed by atoms with Crippen LogP contribution in [-0.2, 0) is 14.3 Å². The molecule has 0 bridgehead atoms. The third-order valence-electron chi connectivity index (χ3n) is 4.97. The molecule has 2 aromatic rings. The van der Waals surface area contributed by atoms with E-state index in [1.54, 1.807) is 39.0 Å². The molecule has 0 saturated heterocycles. The highest BCUT2D eigenvalue weighted by Gasteiger charge is 2.32. The lowest BCUT2D eigenvalue weighted by Crippen LogP contribution is -2.52. The normalized spacial score (nSPS) is 14.4. The minimum absolute atomic E-state index is 0.00107. The van der Waals surface area contributed by atoms with Crippen LogP contribution in [-0.4, -0.2) is 64.0 Å². The van der Waals surface area contributed by atoms with Crippen molar-refractivity contribution in [1.29, 1.82) is 0 Å². The molecule has 0 aliphatic carbocycles. The van der Waals surface area contributed by atoms with Crippen LogP contribution in [0.25, 0.3) is 10.8 Å². The Morgan fingerprint density at radius 1 is 1.03 bits per heavy atom. The van der Waals surface area contributed by atoms with Crippen LogP contribution in [0.3, 0.4) is 0 Å². The second-order valence-corrected chi connectivity index (χ2v) is 9.73. The van der Waals surface area contributed by atoms with Gasteiger partial charge in [0.2, 0.25) is 5.91 Å². The summed E-state index contributed by atoms with van der Waals surface area (Å²) in [6, 6.07) is 12.0. The predicted molar refractivity (Wildman–Crippen MR) is 129 cm³/mol. The maximum Gasteiger partial charge on any atom is 0.337 e. The fourth-order valence-corrected chi connectivity index (χ4v) is 3.54. The number of aliphatic hydroxyl groups is 2. The van der Waals surface area contributed by atoms with Gasteiger partial charge in [0.25, 0.3) is 0 Å². The first-order valence-electron chi connectivity index (χ1n) is 11.2. The van der Waals surface area contributed by atoms with Crippen molar-refractivity contribution < 1.29 is 29.3 Å². The number of urea groups is 1. The van der Waals surface area contributed by atoms with Gasteiger partial charge < -0.3 is 30.9 Å². The van der Waals surface area contributed by atoms with Gasteiger partial charge >= 0.3 is 12.0 Å². The Hall–Kier alpha value is -3.17. The predicted octanol–water partition coefficient (Wildman–Crippen LogP) is 2.10. The van der Waals surface area contributed by atoms with E-state index in [2.05, 4.69) is 5.32 Å². The summed E-state index contributed by atoms with van der Waals surface area (Å²) in [4.78, 5) is 38.5. The first-order chi connectivity index (χ1) is 15.8. The summed E-state index contributed by atoms with van der Waals surface area (Å²) in [5.41, 5.74) is 5.21. The number of ether oxygens (including phenoxy) is 1. The Kier molecular flexibility index (Phi) is 9.00. The highest BCUT2D eigenvalue weighted by Crippen LogP contribution is 2.24. The summed E-state index contributed by atoms with van der Waals surface area (Å²) in [6.45, 7) is 8.57. The number of esters is 1. The topological polar surface area (TPSA) is 142 Å². The molecule has 0 radical (unpaired) electrons. The lowest BCUT2D eigenvalue weighted by atomic mass is 9.94. The molecule has 34 heavy (non-hydrogen) atoms.